The fourth-order valence-corrected chi connectivity index (χ4v) is 2.20. The average molecular weight is 332 g/mol. The van der Waals surface area contributed by atoms with Gasteiger partial charge in [-0.15, -0.1) is 0 Å². The van der Waals surface area contributed by atoms with Crippen LogP contribution in [0.25, 0.3) is 0 Å². The minimum Gasteiger partial charge on any atom is -0.491 e. The van der Waals surface area contributed by atoms with Crippen LogP contribution in [0.3, 0.4) is 0 Å². The number of urea groups is 1. The second-order valence-corrected chi connectivity index (χ2v) is 5.21. The highest BCUT2D eigenvalue weighted by Crippen LogP contribution is 2.35. The largest absolute Gasteiger partial charge is 0.491 e. The molecule has 0 radical (unpaired) electrons. The molecule has 5 nitrogen and oxygen atoms in total. The Hall–Kier alpha value is -1.96. The van der Waals surface area contributed by atoms with Crippen LogP contribution in [0.5, 0.6) is 5.75 Å². The lowest BCUT2D eigenvalue weighted by Crippen LogP contribution is -2.40. The number of carbonyl (C=O) groups excluding carboxylic acids is 1. The number of para-hydroxylation sites is 1. The average Bonchev–Trinajstić information content (AvgIpc) is 3.02. The van der Waals surface area contributed by atoms with Crippen LogP contribution in [0.1, 0.15) is 12.0 Å². The zero-order valence-electron chi connectivity index (χ0n) is 12.5. The van der Waals surface area contributed by atoms with Gasteiger partial charge < -0.3 is 20.1 Å². The number of rotatable bonds is 6. The number of hydrogen-bond acceptors (Lipinski definition) is 3. The molecular formula is C15H19F3N2O3. The first kappa shape index (κ1) is 17.4. The summed E-state index contributed by atoms with van der Waals surface area (Å²) < 4.78 is 48.6. The number of alkyl halides is 3. The quantitative estimate of drug-likeness (QED) is 0.787. The molecule has 1 aliphatic heterocycles. The van der Waals surface area contributed by atoms with E-state index in [1.54, 1.807) is 0 Å². The van der Waals surface area contributed by atoms with Gasteiger partial charge in [0.25, 0.3) is 0 Å². The van der Waals surface area contributed by atoms with Gasteiger partial charge in [0.15, 0.2) is 0 Å². The summed E-state index contributed by atoms with van der Waals surface area (Å²) in [5.41, 5.74) is -0.828. The second-order valence-electron chi connectivity index (χ2n) is 5.21. The Balaban J connectivity index is 1.68. The summed E-state index contributed by atoms with van der Waals surface area (Å²) in [4.78, 5) is 11.5. The van der Waals surface area contributed by atoms with E-state index in [0.29, 0.717) is 25.7 Å². The molecule has 2 amide bonds. The molecule has 8 heteroatoms. The van der Waals surface area contributed by atoms with Crippen molar-refractivity contribution in [3.05, 3.63) is 29.8 Å². The number of nitrogens with one attached hydrogen (secondary N) is 2. The molecule has 1 aliphatic rings. The Kier molecular flexibility index (Phi) is 6.09. The van der Waals surface area contributed by atoms with E-state index in [4.69, 9.17) is 9.47 Å². The third-order valence-electron chi connectivity index (χ3n) is 3.41. The molecule has 1 fully saturated rings. The Labute approximate surface area is 132 Å². The van der Waals surface area contributed by atoms with Crippen LogP contribution >= 0.6 is 0 Å². The van der Waals surface area contributed by atoms with E-state index in [1.165, 1.54) is 18.2 Å². The highest BCUT2D eigenvalue weighted by Gasteiger charge is 2.33. The third kappa shape index (κ3) is 5.63. The van der Waals surface area contributed by atoms with E-state index >= 15 is 0 Å². The van der Waals surface area contributed by atoms with Gasteiger partial charge in [0.2, 0.25) is 0 Å². The molecule has 0 saturated carbocycles. The van der Waals surface area contributed by atoms with Crippen molar-refractivity contribution in [2.45, 2.75) is 12.6 Å². The molecule has 0 unspecified atom stereocenters. The van der Waals surface area contributed by atoms with Crippen molar-refractivity contribution in [3.63, 3.8) is 0 Å². The maximum Gasteiger partial charge on any atom is 0.419 e. The summed E-state index contributed by atoms with van der Waals surface area (Å²) in [5.74, 6) is 0.0703. The van der Waals surface area contributed by atoms with Gasteiger partial charge in [0, 0.05) is 19.1 Å². The lowest BCUT2D eigenvalue weighted by molar-refractivity contribution is -0.138. The summed E-state index contributed by atoms with van der Waals surface area (Å²) in [6.07, 6.45) is -3.55. The number of hydrogen-bond donors (Lipinski definition) is 2. The van der Waals surface area contributed by atoms with E-state index in [0.717, 1.165) is 12.5 Å². The van der Waals surface area contributed by atoms with E-state index < -0.39 is 11.7 Å². The van der Waals surface area contributed by atoms with Crippen molar-refractivity contribution < 1.29 is 27.4 Å². The monoisotopic (exact) mass is 332 g/mol. The van der Waals surface area contributed by atoms with Gasteiger partial charge in [-0.1, -0.05) is 12.1 Å². The maximum absolute atomic E-state index is 12.8. The number of benzene rings is 1. The molecule has 0 aromatic heterocycles. The summed E-state index contributed by atoms with van der Waals surface area (Å²) in [7, 11) is 0. The smallest absolute Gasteiger partial charge is 0.419 e. The van der Waals surface area contributed by atoms with Gasteiger partial charge >= 0.3 is 12.2 Å². The van der Waals surface area contributed by atoms with Crippen LogP contribution in [0.4, 0.5) is 18.0 Å². The molecule has 0 spiro atoms. The number of halogens is 3. The molecular weight excluding hydrogens is 313 g/mol. The minimum atomic E-state index is -4.47. The molecule has 128 valence electrons. The van der Waals surface area contributed by atoms with Crippen LogP contribution in [-0.2, 0) is 10.9 Å². The van der Waals surface area contributed by atoms with E-state index in [2.05, 4.69) is 10.6 Å². The van der Waals surface area contributed by atoms with Gasteiger partial charge in [-0.2, -0.15) is 13.2 Å². The number of carbonyl (C=O) groups is 1. The van der Waals surface area contributed by atoms with Crippen LogP contribution in [0, 0.1) is 5.92 Å². The van der Waals surface area contributed by atoms with Gasteiger partial charge in [0.1, 0.15) is 12.4 Å². The Morgan fingerprint density at radius 2 is 2.09 bits per heavy atom. The SMILES string of the molecule is O=C(NCCOc1ccccc1C(F)(F)F)NC[C@@H]1CCOC1. The first-order valence-electron chi connectivity index (χ1n) is 7.35. The second kappa shape index (κ2) is 8.05. The van der Waals surface area contributed by atoms with E-state index in [9.17, 15) is 18.0 Å². The summed E-state index contributed by atoms with van der Waals surface area (Å²) in [5, 5.41) is 5.23. The summed E-state index contributed by atoms with van der Waals surface area (Å²) >= 11 is 0. The molecule has 1 heterocycles. The zero-order chi connectivity index (χ0) is 16.7. The van der Waals surface area contributed by atoms with Crippen LogP contribution in [0.15, 0.2) is 24.3 Å². The van der Waals surface area contributed by atoms with Crippen LogP contribution in [0.2, 0.25) is 0 Å². The van der Waals surface area contributed by atoms with Crippen molar-refractivity contribution in [2.24, 2.45) is 5.92 Å². The topological polar surface area (TPSA) is 59.6 Å². The fraction of sp³-hybridized carbons (Fsp3) is 0.533. The van der Waals surface area contributed by atoms with Crippen molar-refractivity contribution in [1.82, 2.24) is 10.6 Å². The van der Waals surface area contributed by atoms with E-state index in [-0.39, 0.29) is 24.9 Å². The highest BCUT2D eigenvalue weighted by atomic mass is 19.4. The molecule has 1 atom stereocenters. The van der Waals surface area contributed by atoms with Crippen LogP contribution in [-0.4, -0.2) is 38.9 Å². The predicted molar refractivity (Wildman–Crippen MR) is 77.3 cm³/mol. The van der Waals surface area contributed by atoms with Gasteiger partial charge in [-0.25, -0.2) is 4.79 Å². The van der Waals surface area contributed by atoms with Crippen molar-refractivity contribution >= 4 is 6.03 Å². The molecule has 2 N–H and O–H groups in total. The summed E-state index contributed by atoms with van der Waals surface area (Å²) in [6, 6.07) is 4.61. The molecule has 0 aliphatic carbocycles. The number of amides is 2. The first-order chi connectivity index (χ1) is 11.0. The Morgan fingerprint density at radius 3 is 2.78 bits per heavy atom. The predicted octanol–water partition coefficient (Wildman–Crippen LogP) is 2.42. The maximum atomic E-state index is 12.8. The van der Waals surface area contributed by atoms with Crippen molar-refractivity contribution in [3.8, 4) is 5.75 Å². The zero-order valence-corrected chi connectivity index (χ0v) is 12.5. The van der Waals surface area contributed by atoms with Gasteiger partial charge in [-0.3, -0.25) is 0 Å². The lowest BCUT2D eigenvalue weighted by atomic mass is 10.1. The normalized spacial score (nSPS) is 17.8. The standard InChI is InChI=1S/C15H19F3N2O3/c16-15(17,18)12-3-1-2-4-13(12)23-8-6-19-14(21)20-9-11-5-7-22-10-11/h1-4,11H,5-10H2,(H2,19,20,21)/t11-/m0/s1. The number of ether oxygens (including phenoxy) is 2. The Bertz CT molecular complexity index is 517. The first-order valence-corrected chi connectivity index (χ1v) is 7.35. The van der Waals surface area contributed by atoms with Gasteiger partial charge in [0.05, 0.1) is 18.7 Å². The molecule has 1 saturated heterocycles. The van der Waals surface area contributed by atoms with Gasteiger partial charge in [-0.05, 0) is 18.6 Å². The third-order valence-corrected chi connectivity index (χ3v) is 3.41. The molecule has 1 aromatic rings. The molecule has 2 rings (SSSR count). The lowest BCUT2D eigenvalue weighted by Gasteiger charge is -2.14. The van der Waals surface area contributed by atoms with Crippen molar-refractivity contribution in [1.29, 1.82) is 0 Å². The van der Waals surface area contributed by atoms with Crippen LogP contribution < -0.4 is 15.4 Å². The molecule has 23 heavy (non-hydrogen) atoms. The van der Waals surface area contributed by atoms with Crippen molar-refractivity contribution in [2.75, 3.05) is 32.9 Å². The summed E-state index contributed by atoms with van der Waals surface area (Å²) in [6.45, 7) is 1.92. The molecule has 1 aromatic carbocycles. The highest BCUT2D eigenvalue weighted by molar-refractivity contribution is 5.73. The Morgan fingerprint density at radius 1 is 1.30 bits per heavy atom. The minimum absolute atomic E-state index is 0.0486. The molecule has 0 bridgehead atoms. The van der Waals surface area contributed by atoms with E-state index in [1.807, 2.05) is 0 Å². The fourth-order valence-electron chi connectivity index (χ4n) is 2.20.